The van der Waals surface area contributed by atoms with E-state index in [0.717, 1.165) is 24.5 Å². The molecule has 0 radical (unpaired) electrons. The van der Waals surface area contributed by atoms with Gasteiger partial charge in [-0.1, -0.05) is 17.7 Å². The first-order valence-corrected chi connectivity index (χ1v) is 6.55. The molecule has 3 unspecified atom stereocenters. The SMILES string of the molecule is CN1c2cc(Cl)ccc2C(N)C2CNCCC21. The number of anilines is 1. The van der Waals surface area contributed by atoms with Gasteiger partial charge in [-0.25, -0.2) is 0 Å². The summed E-state index contributed by atoms with van der Waals surface area (Å²) in [5.74, 6) is 0.502. The van der Waals surface area contributed by atoms with Crippen LogP contribution < -0.4 is 16.0 Å². The van der Waals surface area contributed by atoms with Crippen molar-refractivity contribution in [1.29, 1.82) is 0 Å². The van der Waals surface area contributed by atoms with Crippen LogP contribution in [0.3, 0.4) is 0 Å². The van der Waals surface area contributed by atoms with Gasteiger partial charge in [-0.3, -0.25) is 0 Å². The third-order valence-electron chi connectivity index (χ3n) is 4.18. The molecular formula is C13H18ClN3. The van der Waals surface area contributed by atoms with Crippen LogP contribution >= 0.6 is 11.6 Å². The number of nitrogens with one attached hydrogen (secondary N) is 1. The standard InChI is InChI=1S/C13H18ClN3/c1-17-11-4-5-16-7-10(11)13(15)9-3-2-8(14)6-12(9)17/h2-3,6,10-11,13,16H,4-5,7,15H2,1H3. The lowest BCUT2D eigenvalue weighted by Crippen LogP contribution is -2.55. The van der Waals surface area contributed by atoms with Crippen molar-refractivity contribution in [2.24, 2.45) is 11.7 Å². The van der Waals surface area contributed by atoms with Gasteiger partial charge in [0.05, 0.1) is 0 Å². The van der Waals surface area contributed by atoms with Gasteiger partial charge in [-0.05, 0) is 30.7 Å². The van der Waals surface area contributed by atoms with Crippen molar-refractivity contribution >= 4 is 17.3 Å². The molecule has 1 aromatic rings. The smallest absolute Gasteiger partial charge is 0.0429 e. The van der Waals surface area contributed by atoms with Crippen LogP contribution in [0.5, 0.6) is 0 Å². The number of nitrogens with two attached hydrogens (primary N) is 1. The van der Waals surface area contributed by atoms with Gasteiger partial charge in [-0.2, -0.15) is 0 Å². The average Bonchev–Trinajstić information content (AvgIpc) is 2.36. The number of piperidine rings is 1. The minimum absolute atomic E-state index is 0.122. The third-order valence-corrected chi connectivity index (χ3v) is 4.42. The zero-order chi connectivity index (χ0) is 12.0. The first kappa shape index (κ1) is 11.3. The topological polar surface area (TPSA) is 41.3 Å². The maximum Gasteiger partial charge on any atom is 0.0429 e. The maximum absolute atomic E-state index is 6.40. The Labute approximate surface area is 107 Å². The summed E-state index contributed by atoms with van der Waals surface area (Å²) in [7, 11) is 2.16. The quantitative estimate of drug-likeness (QED) is 0.739. The number of fused-ring (bicyclic) bond motifs is 2. The van der Waals surface area contributed by atoms with Gasteiger partial charge < -0.3 is 16.0 Å². The van der Waals surface area contributed by atoms with Crippen molar-refractivity contribution in [3.63, 3.8) is 0 Å². The Balaban J connectivity index is 2.07. The predicted octanol–water partition coefficient (Wildman–Crippen LogP) is 1.77. The number of rotatable bonds is 0. The molecule has 17 heavy (non-hydrogen) atoms. The molecule has 0 amide bonds. The molecule has 0 bridgehead atoms. The summed E-state index contributed by atoms with van der Waals surface area (Å²) in [6, 6.07) is 6.71. The highest BCUT2D eigenvalue weighted by Crippen LogP contribution is 2.41. The summed E-state index contributed by atoms with van der Waals surface area (Å²) in [6.45, 7) is 2.09. The fourth-order valence-corrected chi connectivity index (χ4v) is 3.40. The monoisotopic (exact) mass is 251 g/mol. The second-order valence-electron chi connectivity index (χ2n) is 5.06. The molecule has 3 rings (SSSR count). The van der Waals surface area contributed by atoms with Gasteiger partial charge in [0.2, 0.25) is 0 Å². The van der Waals surface area contributed by atoms with Gasteiger partial charge in [0.15, 0.2) is 0 Å². The lowest BCUT2D eigenvalue weighted by molar-refractivity contribution is 0.263. The van der Waals surface area contributed by atoms with E-state index in [1.807, 2.05) is 12.1 Å². The van der Waals surface area contributed by atoms with Crippen molar-refractivity contribution < 1.29 is 0 Å². The zero-order valence-corrected chi connectivity index (χ0v) is 10.7. The Hall–Kier alpha value is -0.770. The average molecular weight is 252 g/mol. The molecule has 1 saturated heterocycles. The Morgan fingerprint density at radius 2 is 2.29 bits per heavy atom. The molecule has 0 aromatic heterocycles. The lowest BCUT2D eigenvalue weighted by Gasteiger charge is -2.47. The second-order valence-corrected chi connectivity index (χ2v) is 5.50. The normalized spacial score (nSPS) is 31.9. The molecule has 0 saturated carbocycles. The Morgan fingerprint density at radius 1 is 1.47 bits per heavy atom. The van der Waals surface area contributed by atoms with Crippen LogP contribution in [0.25, 0.3) is 0 Å². The first-order chi connectivity index (χ1) is 8.18. The van der Waals surface area contributed by atoms with E-state index >= 15 is 0 Å². The Bertz CT molecular complexity index is 435. The minimum atomic E-state index is 0.122. The number of halogens is 1. The summed E-state index contributed by atoms with van der Waals surface area (Å²) in [4.78, 5) is 2.36. The molecule has 92 valence electrons. The molecule has 3 N–H and O–H groups in total. The highest BCUT2D eigenvalue weighted by atomic mass is 35.5. The van der Waals surface area contributed by atoms with Crippen molar-refractivity contribution in [1.82, 2.24) is 5.32 Å². The molecular weight excluding hydrogens is 234 g/mol. The molecule has 0 aliphatic carbocycles. The van der Waals surface area contributed by atoms with E-state index in [1.165, 1.54) is 11.3 Å². The number of benzene rings is 1. The van der Waals surface area contributed by atoms with Gasteiger partial charge in [0.1, 0.15) is 0 Å². The predicted molar refractivity (Wildman–Crippen MR) is 71.5 cm³/mol. The van der Waals surface area contributed by atoms with Crippen LogP contribution in [0.4, 0.5) is 5.69 Å². The summed E-state index contributed by atoms with van der Waals surface area (Å²) < 4.78 is 0. The molecule has 2 heterocycles. The van der Waals surface area contributed by atoms with Crippen LogP contribution in [0.2, 0.25) is 5.02 Å². The highest BCUT2D eigenvalue weighted by Gasteiger charge is 2.39. The van der Waals surface area contributed by atoms with Crippen LogP contribution in [0.15, 0.2) is 18.2 Å². The third kappa shape index (κ3) is 1.73. The van der Waals surface area contributed by atoms with Gasteiger partial charge in [-0.15, -0.1) is 0 Å². The van der Waals surface area contributed by atoms with Gasteiger partial charge in [0.25, 0.3) is 0 Å². The van der Waals surface area contributed by atoms with E-state index in [9.17, 15) is 0 Å². The summed E-state index contributed by atoms with van der Waals surface area (Å²) in [6.07, 6.45) is 1.15. The van der Waals surface area contributed by atoms with Crippen molar-refractivity contribution in [2.45, 2.75) is 18.5 Å². The van der Waals surface area contributed by atoms with Crippen LogP contribution in [0, 0.1) is 5.92 Å². The Morgan fingerprint density at radius 3 is 3.12 bits per heavy atom. The van der Waals surface area contributed by atoms with E-state index in [2.05, 4.69) is 23.3 Å². The van der Waals surface area contributed by atoms with Gasteiger partial charge >= 0.3 is 0 Å². The number of hydrogen-bond donors (Lipinski definition) is 2. The lowest BCUT2D eigenvalue weighted by atomic mass is 9.79. The molecule has 3 atom stereocenters. The molecule has 2 aliphatic heterocycles. The van der Waals surface area contributed by atoms with E-state index in [4.69, 9.17) is 17.3 Å². The molecule has 1 aromatic carbocycles. The van der Waals surface area contributed by atoms with E-state index < -0.39 is 0 Å². The number of hydrogen-bond acceptors (Lipinski definition) is 3. The summed E-state index contributed by atoms with van der Waals surface area (Å²) in [5.41, 5.74) is 8.83. The maximum atomic E-state index is 6.40. The second kappa shape index (κ2) is 4.16. The molecule has 0 spiro atoms. The van der Waals surface area contributed by atoms with Crippen molar-refractivity contribution in [2.75, 3.05) is 25.0 Å². The van der Waals surface area contributed by atoms with Crippen LogP contribution in [-0.4, -0.2) is 26.2 Å². The largest absolute Gasteiger partial charge is 0.371 e. The summed E-state index contributed by atoms with van der Waals surface area (Å²) in [5, 5.41) is 4.23. The number of nitrogens with zero attached hydrogens (tertiary/aromatic N) is 1. The first-order valence-electron chi connectivity index (χ1n) is 6.17. The highest BCUT2D eigenvalue weighted by molar-refractivity contribution is 6.30. The molecule has 4 heteroatoms. The fraction of sp³-hybridized carbons (Fsp3) is 0.538. The summed E-state index contributed by atoms with van der Waals surface area (Å²) >= 11 is 6.08. The Kier molecular flexibility index (Phi) is 2.77. The molecule has 3 nitrogen and oxygen atoms in total. The van der Waals surface area contributed by atoms with Crippen molar-refractivity contribution in [3.8, 4) is 0 Å². The fourth-order valence-electron chi connectivity index (χ4n) is 3.23. The van der Waals surface area contributed by atoms with Crippen LogP contribution in [0.1, 0.15) is 18.0 Å². The van der Waals surface area contributed by atoms with E-state index in [1.54, 1.807) is 0 Å². The van der Waals surface area contributed by atoms with Crippen LogP contribution in [-0.2, 0) is 0 Å². The zero-order valence-electron chi connectivity index (χ0n) is 9.99. The van der Waals surface area contributed by atoms with Gasteiger partial charge in [0, 0.05) is 42.3 Å². The van der Waals surface area contributed by atoms with E-state index in [-0.39, 0.29) is 6.04 Å². The molecule has 1 fully saturated rings. The molecule has 2 aliphatic rings. The minimum Gasteiger partial charge on any atom is -0.371 e. The van der Waals surface area contributed by atoms with E-state index in [0.29, 0.717) is 12.0 Å². The van der Waals surface area contributed by atoms with Crippen molar-refractivity contribution in [3.05, 3.63) is 28.8 Å².